The Morgan fingerprint density at radius 1 is 1.17 bits per heavy atom. The van der Waals surface area contributed by atoms with E-state index in [9.17, 15) is 13.2 Å². The minimum absolute atomic E-state index is 0.335. The lowest BCUT2D eigenvalue weighted by molar-refractivity contribution is -0.149. The van der Waals surface area contributed by atoms with Crippen LogP contribution in [0.2, 0.25) is 0 Å². The molecule has 0 bridgehead atoms. The summed E-state index contributed by atoms with van der Waals surface area (Å²) in [5, 5.41) is 0. The Kier molecular flexibility index (Phi) is 4.74. The number of aromatic nitrogens is 1. The maximum absolute atomic E-state index is 12.9. The topological polar surface area (TPSA) is 77.8 Å². The minimum atomic E-state index is -3.68. The average Bonchev–Trinajstić information content (AvgIpc) is 3.08. The molecule has 23 heavy (non-hydrogen) atoms. The molecule has 1 saturated heterocycles. The summed E-state index contributed by atoms with van der Waals surface area (Å²) < 4.78 is 39.2. The van der Waals surface area contributed by atoms with Crippen molar-refractivity contribution in [3.63, 3.8) is 0 Å². The Morgan fingerprint density at radius 3 is 2.52 bits per heavy atom. The molecule has 1 aromatic rings. The zero-order valence-corrected chi connectivity index (χ0v) is 13.8. The van der Waals surface area contributed by atoms with Crippen molar-refractivity contribution >= 4 is 16.7 Å². The Hall–Kier alpha value is -1.38. The molecule has 0 unspecified atom stereocenters. The molecule has 0 spiro atoms. The summed E-state index contributed by atoms with van der Waals surface area (Å²) in [6, 6.07) is 3.44. The second kappa shape index (κ2) is 6.62. The van der Waals surface area contributed by atoms with Crippen LogP contribution in [0.4, 0.5) is 0 Å². The summed E-state index contributed by atoms with van der Waals surface area (Å²) in [5.41, 5.74) is -0.307. The van der Waals surface area contributed by atoms with Crippen LogP contribution < -0.4 is 0 Å². The highest BCUT2D eigenvalue weighted by Crippen LogP contribution is 2.40. The molecule has 0 atom stereocenters. The standard InChI is InChI=1S/C15H22N2O5S/c18-13-22-15(6-2-1-3-7-15)14-5-4-8-17(14)23(19,20)16-9-11-21-12-10-16/h4-5,8,13H,1-3,6-7,9-12H2. The maximum atomic E-state index is 12.9. The van der Waals surface area contributed by atoms with E-state index in [1.165, 1.54) is 14.5 Å². The van der Waals surface area contributed by atoms with E-state index in [1.807, 2.05) is 0 Å². The number of morpholine rings is 1. The van der Waals surface area contributed by atoms with E-state index < -0.39 is 15.8 Å². The second-order valence-corrected chi connectivity index (χ2v) is 7.78. The second-order valence-electron chi connectivity index (χ2n) is 5.98. The molecule has 0 aromatic carbocycles. The van der Waals surface area contributed by atoms with Crippen molar-refractivity contribution < 1.29 is 22.7 Å². The van der Waals surface area contributed by atoms with E-state index in [0.717, 1.165) is 19.3 Å². The van der Waals surface area contributed by atoms with Crippen molar-refractivity contribution in [3.05, 3.63) is 24.0 Å². The van der Waals surface area contributed by atoms with E-state index in [4.69, 9.17) is 9.47 Å². The molecule has 1 saturated carbocycles. The number of ether oxygens (including phenoxy) is 2. The van der Waals surface area contributed by atoms with Crippen molar-refractivity contribution in [1.82, 2.24) is 8.28 Å². The zero-order valence-electron chi connectivity index (χ0n) is 13.0. The van der Waals surface area contributed by atoms with Crippen LogP contribution in [0, 0.1) is 0 Å². The Bertz CT molecular complexity index is 643. The SMILES string of the molecule is O=COC1(c2cccn2S(=O)(=O)N2CCOCC2)CCCCC1. The van der Waals surface area contributed by atoms with E-state index in [0.29, 0.717) is 51.3 Å². The van der Waals surface area contributed by atoms with Crippen LogP contribution in [0.15, 0.2) is 18.3 Å². The number of hydrogen-bond donors (Lipinski definition) is 0. The van der Waals surface area contributed by atoms with Gasteiger partial charge in [0.15, 0.2) is 5.60 Å². The lowest BCUT2D eigenvalue weighted by atomic mass is 9.82. The highest BCUT2D eigenvalue weighted by Gasteiger charge is 2.41. The van der Waals surface area contributed by atoms with Crippen LogP contribution in [0.25, 0.3) is 0 Å². The summed E-state index contributed by atoms with van der Waals surface area (Å²) in [6.07, 6.45) is 5.72. The molecule has 0 radical (unpaired) electrons. The van der Waals surface area contributed by atoms with Crippen molar-refractivity contribution in [2.45, 2.75) is 37.7 Å². The van der Waals surface area contributed by atoms with E-state index in [1.54, 1.807) is 12.1 Å². The molecule has 8 heteroatoms. The molecule has 0 N–H and O–H groups in total. The van der Waals surface area contributed by atoms with Gasteiger partial charge in [0, 0.05) is 19.3 Å². The monoisotopic (exact) mass is 342 g/mol. The number of hydrogen-bond acceptors (Lipinski definition) is 5. The van der Waals surface area contributed by atoms with Crippen LogP contribution in [0.3, 0.4) is 0 Å². The Labute approximate surface area is 136 Å². The molecule has 7 nitrogen and oxygen atoms in total. The predicted molar refractivity (Wildman–Crippen MR) is 83.1 cm³/mol. The lowest BCUT2D eigenvalue weighted by Gasteiger charge is -2.37. The summed E-state index contributed by atoms with van der Waals surface area (Å²) in [5.74, 6) is 0. The van der Waals surface area contributed by atoms with Crippen LogP contribution in [-0.4, -0.2) is 49.5 Å². The van der Waals surface area contributed by atoms with Crippen LogP contribution in [-0.2, 0) is 30.1 Å². The molecule has 3 rings (SSSR count). The van der Waals surface area contributed by atoms with E-state index in [2.05, 4.69) is 0 Å². The Balaban J connectivity index is 1.99. The third-order valence-electron chi connectivity index (χ3n) is 4.66. The number of carbonyl (C=O) groups is 1. The van der Waals surface area contributed by atoms with Crippen LogP contribution >= 0.6 is 0 Å². The van der Waals surface area contributed by atoms with Crippen LogP contribution in [0.1, 0.15) is 37.8 Å². The van der Waals surface area contributed by atoms with Gasteiger partial charge in [-0.15, -0.1) is 0 Å². The van der Waals surface area contributed by atoms with Crippen LogP contribution in [0.5, 0.6) is 0 Å². The maximum Gasteiger partial charge on any atom is 0.307 e. The van der Waals surface area contributed by atoms with Gasteiger partial charge >= 0.3 is 10.2 Å². The van der Waals surface area contributed by atoms with Gasteiger partial charge in [0.1, 0.15) is 0 Å². The van der Waals surface area contributed by atoms with Gasteiger partial charge in [-0.3, -0.25) is 4.79 Å². The first-order valence-electron chi connectivity index (χ1n) is 7.98. The van der Waals surface area contributed by atoms with E-state index >= 15 is 0 Å². The molecule has 2 heterocycles. The fourth-order valence-electron chi connectivity index (χ4n) is 3.47. The van der Waals surface area contributed by atoms with E-state index in [-0.39, 0.29) is 0 Å². The first-order chi connectivity index (χ1) is 11.1. The third kappa shape index (κ3) is 3.02. The largest absolute Gasteiger partial charge is 0.455 e. The van der Waals surface area contributed by atoms with Crippen molar-refractivity contribution in [2.24, 2.45) is 0 Å². The van der Waals surface area contributed by atoms with Gasteiger partial charge in [0.05, 0.1) is 18.9 Å². The zero-order chi connectivity index (χ0) is 16.3. The Morgan fingerprint density at radius 2 is 1.87 bits per heavy atom. The highest BCUT2D eigenvalue weighted by molar-refractivity contribution is 7.87. The molecule has 2 fully saturated rings. The third-order valence-corrected chi connectivity index (χ3v) is 6.49. The number of carbonyl (C=O) groups excluding carboxylic acids is 1. The fraction of sp³-hybridized carbons (Fsp3) is 0.667. The molecular formula is C15H22N2O5S. The predicted octanol–water partition coefficient (Wildman–Crippen LogP) is 1.25. The normalized spacial score (nSPS) is 22.6. The molecule has 128 valence electrons. The van der Waals surface area contributed by atoms with Crippen molar-refractivity contribution in [1.29, 1.82) is 0 Å². The van der Waals surface area contributed by atoms with Gasteiger partial charge in [-0.05, 0) is 37.8 Å². The molecule has 0 amide bonds. The molecule has 1 aliphatic heterocycles. The highest BCUT2D eigenvalue weighted by atomic mass is 32.2. The van der Waals surface area contributed by atoms with Gasteiger partial charge < -0.3 is 9.47 Å². The molecular weight excluding hydrogens is 320 g/mol. The average molecular weight is 342 g/mol. The molecule has 1 aliphatic carbocycles. The minimum Gasteiger partial charge on any atom is -0.455 e. The van der Waals surface area contributed by atoms with Gasteiger partial charge in [-0.2, -0.15) is 12.7 Å². The smallest absolute Gasteiger partial charge is 0.307 e. The van der Waals surface area contributed by atoms with Gasteiger partial charge in [0.25, 0.3) is 6.47 Å². The summed E-state index contributed by atoms with van der Waals surface area (Å²) in [6.45, 7) is 1.89. The van der Waals surface area contributed by atoms with Gasteiger partial charge in [-0.1, -0.05) is 6.42 Å². The summed E-state index contributed by atoms with van der Waals surface area (Å²) in [7, 11) is -3.68. The lowest BCUT2D eigenvalue weighted by Crippen LogP contribution is -2.45. The molecule has 1 aromatic heterocycles. The van der Waals surface area contributed by atoms with Gasteiger partial charge in [0.2, 0.25) is 0 Å². The fourth-order valence-corrected chi connectivity index (χ4v) is 5.03. The van der Waals surface area contributed by atoms with Crippen molar-refractivity contribution in [2.75, 3.05) is 26.3 Å². The first kappa shape index (κ1) is 16.5. The summed E-state index contributed by atoms with van der Waals surface area (Å²) >= 11 is 0. The number of nitrogens with zero attached hydrogens (tertiary/aromatic N) is 2. The van der Waals surface area contributed by atoms with Crippen molar-refractivity contribution in [3.8, 4) is 0 Å². The van der Waals surface area contributed by atoms with Gasteiger partial charge in [-0.25, -0.2) is 3.97 Å². The quantitative estimate of drug-likeness (QED) is 0.753. The number of rotatable bonds is 5. The first-order valence-corrected chi connectivity index (χ1v) is 9.38. The summed E-state index contributed by atoms with van der Waals surface area (Å²) in [4.78, 5) is 11.0. The molecule has 2 aliphatic rings.